The van der Waals surface area contributed by atoms with Crippen LogP contribution in [0.15, 0.2) is 22.7 Å². The highest BCUT2D eigenvalue weighted by atomic mass is 79.9. The van der Waals surface area contributed by atoms with Gasteiger partial charge >= 0.3 is 0 Å². The minimum atomic E-state index is -0.131. The maximum Gasteiger partial charge on any atom is 0.252 e. The van der Waals surface area contributed by atoms with Gasteiger partial charge in [0.15, 0.2) is 0 Å². The summed E-state index contributed by atoms with van der Waals surface area (Å²) < 4.78 is 11.8. The highest BCUT2D eigenvalue weighted by molar-refractivity contribution is 9.10. The smallest absolute Gasteiger partial charge is 0.252 e. The zero-order chi connectivity index (χ0) is 15.1. The van der Waals surface area contributed by atoms with Crippen LogP contribution in [0.5, 0.6) is 0 Å². The van der Waals surface area contributed by atoms with Crippen molar-refractivity contribution in [3.8, 4) is 0 Å². The summed E-state index contributed by atoms with van der Waals surface area (Å²) in [5, 5.41) is 2.86. The number of hydrogen-bond acceptors (Lipinski definition) is 4. The molecule has 1 heterocycles. The van der Waals surface area contributed by atoms with Crippen molar-refractivity contribution in [1.29, 1.82) is 0 Å². The first-order chi connectivity index (χ1) is 10.2. The van der Waals surface area contributed by atoms with E-state index < -0.39 is 0 Å². The molecule has 1 amide bonds. The fourth-order valence-electron chi connectivity index (χ4n) is 2.18. The van der Waals surface area contributed by atoms with Crippen molar-refractivity contribution in [2.75, 3.05) is 32.1 Å². The number of nitrogens with two attached hydrogens (primary N) is 1. The van der Waals surface area contributed by atoms with Crippen LogP contribution in [-0.2, 0) is 9.47 Å². The van der Waals surface area contributed by atoms with Crippen molar-refractivity contribution < 1.29 is 14.3 Å². The van der Waals surface area contributed by atoms with E-state index in [2.05, 4.69) is 21.2 Å². The van der Waals surface area contributed by atoms with Gasteiger partial charge in [-0.15, -0.1) is 0 Å². The number of carbonyl (C=O) groups is 1. The Kier molecular flexibility index (Phi) is 6.48. The fraction of sp³-hybridized carbons (Fsp3) is 0.533. The van der Waals surface area contributed by atoms with E-state index in [1.807, 2.05) is 0 Å². The van der Waals surface area contributed by atoms with Crippen molar-refractivity contribution in [2.24, 2.45) is 0 Å². The molecule has 1 fully saturated rings. The van der Waals surface area contributed by atoms with Crippen molar-refractivity contribution in [2.45, 2.75) is 25.4 Å². The van der Waals surface area contributed by atoms with Crippen LogP contribution in [0.3, 0.4) is 0 Å². The average Bonchev–Trinajstić information content (AvgIpc) is 2.98. The molecule has 0 bridgehead atoms. The summed E-state index contributed by atoms with van der Waals surface area (Å²) in [7, 11) is 0. The quantitative estimate of drug-likeness (QED) is 0.580. The number of carbonyl (C=O) groups excluding carboxylic acids is 1. The molecule has 3 N–H and O–H groups in total. The van der Waals surface area contributed by atoms with Gasteiger partial charge in [-0.25, -0.2) is 0 Å². The lowest BCUT2D eigenvalue weighted by Gasteiger charge is -2.10. The minimum Gasteiger partial charge on any atom is -0.399 e. The SMILES string of the molecule is Nc1ccc(Br)c(C(=O)NCCCOCC2CCCO2)c1. The summed E-state index contributed by atoms with van der Waals surface area (Å²) in [6.45, 7) is 2.69. The van der Waals surface area contributed by atoms with E-state index in [0.717, 1.165) is 30.3 Å². The average molecular weight is 357 g/mol. The molecule has 1 atom stereocenters. The number of anilines is 1. The molecule has 0 radical (unpaired) electrons. The van der Waals surface area contributed by atoms with Crippen LogP contribution in [0, 0.1) is 0 Å². The standard InChI is InChI=1S/C15H21BrN2O3/c16-14-5-4-11(17)9-13(14)15(19)18-6-2-7-20-10-12-3-1-8-21-12/h4-5,9,12H,1-3,6-8,10,17H2,(H,18,19). The molecule has 1 aromatic carbocycles. The van der Waals surface area contributed by atoms with E-state index in [0.29, 0.717) is 31.0 Å². The van der Waals surface area contributed by atoms with Crippen LogP contribution in [0.25, 0.3) is 0 Å². The summed E-state index contributed by atoms with van der Waals surface area (Å²) in [5.74, 6) is -0.131. The summed E-state index contributed by atoms with van der Waals surface area (Å²) in [6.07, 6.45) is 3.24. The number of amides is 1. The Morgan fingerprint density at radius 1 is 1.52 bits per heavy atom. The van der Waals surface area contributed by atoms with Crippen molar-refractivity contribution >= 4 is 27.5 Å². The van der Waals surface area contributed by atoms with Crippen LogP contribution >= 0.6 is 15.9 Å². The maximum atomic E-state index is 12.0. The van der Waals surface area contributed by atoms with Gasteiger partial charge < -0.3 is 20.5 Å². The molecule has 2 rings (SSSR count). The van der Waals surface area contributed by atoms with Crippen molar-refractivity contribution in [3.63, 3.8) is 0 Å². The van der Waals surface area contributed by atoms with E-state index >= 15 is 0 Å². The lowest BCUT2D eigenvalue weighted by molar-refractivity contribution is 0.0166. The molecular formula is C15H21BrN2O3. The Bertz CT molecular complexity index is 476. The number of hydrogen-bond donors (Lipinski definition) is 2. The first-order valence-corrected chi connectivity index (χ1v) is 7.98. The van der Waals surface area contributed by atoms with Crippen LogP contribution < -0.4 is 11.1 Å². The Labute approximate surface area is 133 Å². The summed E-state index contributed by atoms with van der Waals surface area (Å²) in [6, 6.07) is 5.18. The molecule has 5 nitrogen and oxygen atoms in total. The number of halogens is 1. The molecule has 1 aromatic rings. The van der Waals surface area contributed by atoms with Gasteiger partial charge in [0.2, 0.25) is 0 Å². The lowest BCUT2D eigenvalue weighted by atomic mass is 10.2. The van der Waals surface area contributed by atoms with Gasteiger partial charge in [0, 0.05) is 29.9 Å². The third-order valence-corrected chi connectivity index (χ3v) is 4.01. The number of ether oxygens (including phenoxy) is 2. The van der Waals surface area contributed by atoms with Gasteiger partial charge in [0.05, 0.1) is 18.3 Å². The number of benzene rings is 1. The minimum absolute atomic E-state index is 0.131. The molecule has 21 heavy (non-hydrogen) atoms. The molecule has 0 aliphatic carbocycles. The summed E-state index contributed by atoms with van der Waals surface area (Å²) in [5.41, 5.74) is 6.81. The lowest BCUT2D eigenvalue weighted by Crippen LogP contribution is -2.26. The van der Waals surface area contributed by atoms with Gasteiger partial charge in [-0.2, -0.15) is 0 Å². The second-order valence-corrected chi connectivity index (χ2v) is 5.91. The van der Waals surface area contributed by atoms with Crippen molar-refractivity contribution in [1.82, 2.24) is 5.32 Å². The first-order valence-electron chi connectivity index (χ1n) is 7.19. The number of nitrogens with one attached hydrogen (secondary N) is 1. The third-order valence-electron chi connectivity index (χ3n) is 3.31. The zero-order valence-electron chi connectivity index (χ0n) is 11.9. The van der Waals surface area contributed by atoms with Gasteiger partial charge in [-0.1, -0.05) is 0 Å². The largest absolute Gasteiger partial charge is 0.399 e. The first kappa shape index (κ1) is 16.3. The predicted octanol–water partition coefficient (Wildman–Crippen LogP) is 2.35. The van der Waals surface area contributed by atoms with Crippen LogP contribution in [0.4, 0.5) is 5.69 Å². The van der Waals surface area contributed by atoms with Gasteiger partial charge in [-0.05, 0) is 53.4 Å². The molecule has 1 aliphatic rings. The van der Waals surface area contributed by atoms with E-state index in [4.69, 9.17) is 15.2 Å². The molecule has 1 unspecified atom stereocenters. The van der Waals surface area contributed by atoms with Crippen LogP contribution in [0.1, 0.15) is 29.6 Å². The summed E-state index contributed by atoms with van der Waals surface area (Å²) >= 11 is 3.35. The Morgan fingerprint density at radius 3 is 3.14 bits per heavy atom. The molecule has 6 heteroatoms. The number of rotatable bonds is 7. The molecule has 116 valence electrons. The van der Waals surface area contributed by atoms with Gasteiger partial charge in [0.25, 0.3) is 5.91 Å². The Hall–Kier alpha value is -1.11. The Balaban J connectivity index is 1.61. The van der Waals surface area contributed by atoms with Crippen molar-refractivity contribution in [3.05, 3.63) is 28.2 Å². The summed E-state index contributed by atoms with van der Waals surface area (Å²) in [4.78, 5) is 12.0. The Morgan fingerprint density at radius 2 is 2.38 bits per heavy atom. The monoisotopic (exact) mass is 356 g/mol. The normalized spacial score (nSPS) is 17.9. The molecule has 0 saturated carbocycles. The second kappa shape index (κ2) is 8.36. The van der Waals surface area contributed by atoms with Gasteiger partial charge in [0.1, 0.15) is 0 Å². The zero-order valence-corrected chi connectivity index (χ0v) is 13.5. The van der Waals surface area contributed by atoms with E-state index in [1.165, 1.54) is 0 Å². The third kappa shape index (κ3) is 5.30. The fourth-order valence-corrected chi connectivity index (χ4v) is 2.61. The highest BCUT2D eigenvalue weighted by Crippen LogP contribution is 2.19. The van der Waals surface area contributed by atoms with Crippen LogP contribution in [0.2, 0.25) is 0 Å². The maximum absolute atomic E-state index is 12.0. The molecule has 0 aromatic heterocycles. The van der Waals surface area contributed by atoms with E-state index in [-0.39, 0.29) is 12.0 Å². The molecule has 1 aliphatic heterocycles. The van der Waals surface area contributed by atoms with Gasteiger partial charge in [-0.3, -0.25) is 4.79 Å². The topological polar surface area (TPSA) is 73.6 Å². The molecule has 0 spiro atoms. The second-order valence-electron chi connectivity index (χ2n) is 5.06. The molecular weight excluding hydrogens is 336 g/mol. The molecule has 1 saturated heterocycles. The highest BCUT2D eigenvalue weighted by Gasteiger charge is 2.15. The van der Waals surface area contributed by atoms with Crippen LogP contribution in [-0.4, -0.2) is 38.4 Å². The van der Waals surface area contributed by atoms with E-state index in [9.17, 15) is 4.79 Å². The predicted molar refractivity (Wildman–Crippen MR) is 85.3 cm³/mol. The van der Waals surface area contributed by atoms with E-state index in [1.54, 1.807) is 18.2 Å². The number of nitrogen functional groups attached to an aromatic ring is 1.